The van der Waals surface area contributed by atoms with Gasteiger partial charge in [0.15, 0.2) is 17.3 Å². The number of H-pyrrole nitrogens is 1. The molecule has 3 aliphatic rings. The summed E-state index contributed by atoms with van der Waals surface area (Å²) in [4.78, 5) is 8.93. The molecule has 3 aliphatic carbocycles. The van der Waals surface area contributed by atoms with E-state index < -0.39 is 0 Å². The molecule has 2 N–H and O–H groups in total. The Hall–Kier alpha value is -2.74. The number of hydrogen-bond acceptors (Lipinski definition) is 5. The predicted molar refractivity (Wildman–Crippen MR) is 108 cm³/mol. The monoisotopic (exact) mass is 411 g/mol. The fraction of sp³-hybridized carbons (Fsp3) is 0.400. The fourth-order valence-electron chi connectivity index (χ4n) is 4.97. The van der Waals surface area contributed by atoms with Gasteiger partial charge in [-0.05, 0) is 43.2 Å². The van der Waals surface area contributed by atoms with E-state index in [0.717, 1.165) is 17.7 Å². The minimum absolute atomic E-state index is 0.318. The first-order chi connectivity index (χ1) is 14.2. The van der Waals surface area contributed by atoms with Crippen LogP contribution in [0.5, 0.6) is 0 Å². The summed E-state index contributed by atoms with van der Waals surface area (Å²) in [7, 11) is 0. The molecule has 2 bridgehead atoms. The van der Waals surface area contributed by atoms with Gasteiger partial charge in [0.05, 0.1) is 10.4 Å². The lowest BCUT2D eigenvalue weighted by Gasteiger charge is -2.42. The molecule has 0 aliphatic heterocycles. The van der Waals surface area contributed by atoms with E-state index in [9.17, 15) is 4.39 Å². The lowest BCUT2D eigenvalue weighted by Crippen LogP contribution is -2.40. The number of pyridine rings is 1. The molecule has 3 fully saturated rings. The van der Waals surface area contributed by atoms with Gasteiger partial charge in [-0.3, -0.25) is 5.10 Å². The van der Waals surface area contributed by atoms with Crippen LogP contribution in [-0.2, 0) is 0 Å². The molecule has 0 aromatic carbocycles. The van der Waals surface area contributed by atoms with Crippen LogP contribution in [0.25, 0.3) is 28.1 Å². The smallest absolute Gasteiger partial charge is 0.200 e. The highest BCUT2D eigenvalue weighted by Crippen LogP contribution is 2.42. The Bertz CT molecular complexity index is 1220. The number of anilines is 1. The molecule has 4 heterocycles. The Morgan fingerprint density at radius 3 is 2.90 bits per heavy atom. The van der Waals surface area contributed by atoms with Gasteiger partial charge in [0.25, 0.3) is 0 Å². The molecule has 0 amide bonds. The third-order valence-electron chi connectivity index (χ3n) is 6.43. The Morgan fingerprint density at radius 1 is 1.24 bits per heavy atom. The third kappa shape index (κ3) is 2.77. The standard InChI is InChI=1S/C20H19ClFN7/c21-12-8-13-16(26-27-18(13)23-9-12)19-25-20(17-14(22)5-6-29(17)28-19)24-15-7-10-1-3-11(15)4-2-10/h5-6,8-11,15H,1-4,7H2,(H,23,26,27)(H,24,25,28). The van der Waals surface area contributed by atoms with E-state index in [2.05, 4.69) is 25.6 Å². The maximum Gasteiger partial charge on any atom is 0.200 e. The molecule has 4 aromatic rings. The zero-order valence-corrected chi connectivity index (χ0v) is 16.3. The summed E-state index contributed by atoms with van der Waals surface area (Å²) in [6, 6.07) is 3.51. The molecule has 148 valence electrons. The summed E-state index contributed by atoms with van der Waals surface area (Å²) in [5, 5.41) is 16.5. The van der Waals surface area contributed by atoms with Crippen LogP contribution in [0.4, 0.5) is 10.2 Å². The molecule has 0 spiro atoms. The maximum atomic E-state index is 14.5. The Balaban J connectivity index is 1.47. The largest absolute Gasteiger partial charge is 0.365 e. The second-order valence-corrected chi connectivity index (χ2v) is 8.57. The molecule has 0 saturated heterocycles. The second kappa shape index (κ2) is 6.38. The number of rotatable bonds is 3. The summed E-state index contributed by atoms with van der Waals surface area (Å²) in [5.74, 6) is 1.99. The fourth-order valence-corrected chi connectivity index (χ4v) is 5.13. The number of aromatic nitrogens is 6. The van der Waals surface area contributed by atoms with Gasteiger partial charge < -0.3 is 5.32 Å². The lowest BCUT2D eigenvalue weighted by molar-refractivity contribution is 0.157. The number of aromatic amines is 1. The van der Waals surface area contributed by atoms with Crippen molar-refractivity contribution in [2.45, 2.75) is 38.1 Å². The van der Waals surface area contributed by atoms with Crippen LogP contribution >= 0.6 is 11.6 Å². The first-order valence-corrected chi connectivity index (χ1v) is 10.3. The highest BCUT2D eigenvalue weighted by Gasteiger charge is 2.36. The number of fused-ring (bicyclic) bond motifs is 5. The SMILES string of the molecule is Fc1ccn2nc(-c3[nH]nc4ncc(Cl)cc34)nc(NC3CC4CCC3CC4)c12. The quantitative estimate of drug-likeness (QED) is 0.520. The number of nitrogens with zero attached hydrogens (tertiary/aromatic N) is 5. The van der Waals surface area contributed by atoms with Crippen molar-refractivity contribution in [1.82, 2.24) is 29.8 Å². The summed E-state index contributed by atoms with van der Waals surface area (Å²) >= 11 is 6.12. The minimum Gasteiger partial charge on any atom is -0.365 e. The maximum absolute atomic E-state index is 14.5. The van der Waals surface area contributed by atoms with Gasteiger partial charge >= 0.3 is 0 Å². The second-order valence-electron chi connectivity index (χ2n) is 8.13. The van der Waals surface area contributed by atoms with Crippen LogP contribution in [0.1, 0.15) is 32.1 Å². The van der Waals surface area contributed by atoms with E-state index in [1.807, 2.05) is 0 Å². The van der Waals surface area contributed by atoms with Crippen molar-refractivity contribution in [3.63, 3.8) is 0 Å². The van der Waals surface area contributed by atoms with Crippen LogP contribution < -0.4 is 5.32 Å². The van der Waals surface area contributed by atoms with E-state index in [0.29, 0.717) is 45.5 Å². The van der Waals surface area contributed by atoms with Crippen molar-refractivity contribution in [1.29, 1.82) is 0 Å². The molecular weight excluding hydrogens is 393 g/mol. The molecule has 7 nitrogen and oxygen atoms in total. The molecule has 7 rings (SSSR count). The van der Waals surface area contributed by atoms with E-state index in [1.54, 1.807) is 18.5 Å². The van der Waals surface area contributed by atoms with E-state index in [-0.39, 0.29) is 5.82 Å². The normalized spacial score (nSPS) is 23.9. The summed E-state index contributed by atoms with van der Waals surface area (Å²) in [6.07, 6.45) is 9.35. The average Bonchev–Trinajstić information content (AvgIpc) is 3.32. The molecule has 29 heavy (non-hydrogen) atoms. The van der Waals surface area contributed by atoms with Crippen molar-refractivity contribution in [2.75, 3.05) is 5.32 Å². The molecule has 9 heteroatoms. The molecule has 3 saturated carbocycles. The van der Waals surface area contributed by atoms with Gasteiger partial charge in [-0.15, -0.1) is 5.10 Å². The average molecular weight is 412 g/mol. The topological polar surface area (TPSA) is 83.8 Å². The summed E-state index contributed by atoms with van der Waals surface area (Å²) in [5.41, 5.74) is 1.51. The lowest BCUT2D eigenvalue weighted by atomic mass is 9.68. The molecule has 1 atom stereocenters. The van der Waals surface area contributed by atoms with Gasteiger partial charge in [0, 0.05) is 18.4 Å². The van der Waals surface area contributed by atoms with E-state index >= 15 is 0 Å². The number of hydrogen-bond donors (Lipinski definition) is 2. The van der Waals surface area contributed by atoms with Crippen molar-refractivity contribution < 1.29 is 4.39 Å². The van der Waals surface area contributed by atoms with Gasteiger partial charge in [-0.1, -0.05) is 24.4 Å². The predicted octanol–water partition coefficient (Wildman–Crippen LogP) is 4.45. The van der Waals surface area contributed by atoms with Crippen molar-refractivity contribution in [3.8, 4) is 11.5 Å². The summed E-state index contributed by atoms with van der Waals surface area (Å²) in [6.45, 7) is 0. The van der Waals surface area contributed by atoms with Crippen LogP contribution in [0, 0.1) is 17.7 Å². The molecule has 1 unspecified atom stereocenters. The van der Waals surface area contributed by atoms with E-state index in [4.69, 9.17) is 16.6 Å². The number of nitrogens with one attached hydrogen (secondary N) is 2. The number of halogens is 2. The highest BCUT2D eigenvalue weighted by atomic mass is 35.5. The summed E-state index contributed by atoms with van der Waals surface area (Å²) < 4.78 is 16.1. The molecular formula is C20H19ClFN7. The van der Waals surface area contributed by atoms with Crippen molar-refractivity contribution in [3.05, 3.63) is 35.4 Å². The van der Waals surface area contributed by atoms with Crippen LogP contribution in [0.15, 0.2) is 24.5 Å². The zero-order valence-electron chi connectivity index (χ0n) is 15.6. The first-order valence-electron chi connectivity index (χ1n) is 9.97. The Kier molecular flexibility index (Phi) is 3.77. The zero-order chi connectivity index (χ0) is 19.5. The van der Waals surface area contributed by atoms with Crippen LogP contribution in [0.3, 0.4) is 0 Å². The minimum atomic E-state index is -0.334. The van der Waals surface area contributed by atoms with Gasteiger partial charge in [0.1, 0.15) is 11.2 Å². The Labute approximate surface area is 170 Å². The molecule has 4 aromatic heterocycles. The third-order valence-corrected chi connectivity index (χ3v) is 6.64. The van der Waals surface area contributed by atoms with Crippen molar-refractivity contribution in [2.24, 2.45) is 11.8 Å². The van der Waals surface area contributed by atoms with Crippen LogP contribution in [0.2, 0.25) is 5.02 Å². The van der Waals surface area contributed by atoms with Crippen molar-refractivity contribution >= 4 is 34.0 Å². The first kappa shape index (κ1) is 17.1. The molecule has 0 radical (unpaired) electrons. The van der Waals surface area contributed by atoms with Gasteiger partial charge in [-0.2, -0.15) is 5.10 Å². The van der Waals surface area contributed by atoms with E-state index in [1.165, 1.54) is 36.3 Å². The Morgan fingerprint density at radius 2 is 2.10 bits per heavy atom. The van der Waals surface area contributed by atoms with Crippen LogP contribution in [-0.4, -0.2) is 35.8 Å². The van der Waals surface area contributed by atoms with Gasteiger partial charge in [0.2, 0.25) is 5.82 Å². The van der Waals surface area contributed by atoms with Gasteiger partial charge in [-0.25, -0.2) is 18.9 Å². The highest BCUT2D eigenvalue weighted by molar-refractivity contribution is 6.31.